The van der Waals surface area contributed by atoms with Crippen LogP contribution in [0.4, 0.5) is 15.8 Å². The van der Waals surface area contributed by atoms with Crippen molar-refractivity contribution < 1.29 is 19.2 Å². The molecule has 1 heterocycles. The summed E-state index contributed by atoms with van der Waals surface area (Å²) in [6, 6.07) is 2.25. The van der Waals surface area contributed by atoms with E-state index in [4.69, 9.17) is 5.11 Å². The van der Waals surface area contributed by atoms with Crippen molar-refractivity contribution in [1.29, 1.82) is 0 Å². The molecule has 0 spiro atoms. The third kappa shape index (κ3) is 1.99. The van der Waals surface area contributed by atoms with Gasteiger partial charge in [0.25, 0.3) is 5.69 Å². The number of aryl methyl sites for hydroxylation is 1. The second-order valence-electron chi connectivity index (χ2n) is 4.29. The van der Waals surface area contributed by atoms with Crippen LogP contribution in [0, 0.1) is 28.8 Å². The first-order valence-electron chi connectivity index (χ1n) is 5.32. The van der Waals surface area contributed by atoms with Crippen LogP contribution in [0.2, 0.25) is 0 Å². The highest BCUT2D eigenvalue weighted by Crippen LogP contribution is 2.35. The van der Waals surface area contributed by atoms with E-state index in [1.165, 1.54) is 13.0 Å². The molecule has 1 aromatic carbocycles. The zero-order chi connectivity index (χ0) is 13.4. The average molecular weight is 254 g/mol. The summed E-state index contributed by atoms with van der Waals surface area (Å²) in [5.41, 5.74) is 0.243. The summed E-state index contributed by atoms with van der Waals surface area (Å²) in [4.78, 5) is 22.4. The predicted molar refractivity (Wildman–Crippen MR) is 61.1 cm³/mol. The zero-order valence-electron chi connectivity index (χ0n) is 9.59. The van der Waals surface area contributed by atoms with Gasteiger partial charge in [0.05, 0.1) is 16.9 Å². The van der Waals surface area contributed by atoms with Crippen LogP contribution in [-0.4, -0.2) is 29.1 Å². The van der Waals surface area contributed by atoms with Gasteiger partial charge in [-0.05, 0) is 18.6 Å². The molecule has 1 aliphatic heterocycles. The second kappa shape index (κ2) is 4.25. The number of carboxylic acid groups (broad SMARTS) is 1. The Morgan fingerprint density at radius 1 is 1.56 bits per heavy atom. The van der Waals surface area contributed by atoms with Crippen LogP contribution < -0.4 is 4.90 Å². The molecule has 0 aromatic heterocycles. The standard InChI is InChI=1S/C11H11FN2O4/c1-6-2-9(10(14(17)18)3-8(6)12)13-4-7(5-13)11(15)16/h2-3,7H,4-5H2,1H3,(H,15,16). The highest BCUT2D eigenvalue weighted by molar-refractivity contribution is 5.76. The molecule has 0 saturated carbocycles. The molecule has 2 rings (SSSR count). The monoisotopic (exact) mass is 254 g/mol. The fourth-order valence-electron chi connectivity index (χ4n) is 1.89. The van der Waals surface area contributed by atoms with Gasteiger partial charge in [0.2, 0.25) is 0 Å². The summed E-state index contributed by atoms with van der Waals surface area (Å²) < 4.78 is 13.3. The maximum atomic E-state index is 13.3. The van der Waals surface area contributed by atoms with Crippen LogP contribution >= 0.6 is 0 Å². The van der Waals surface area contributed by atoms with Gasteiger partial charge in [-0.3, -0.25) is 14.9 Å². The van der Waals surface area contributed by atoms with Crippen LogP contribution in [0.15, 0.2) is 12.1 Å². The smallest absolute Gasteiger partial charge is 0.310 e. The minimum Gasteiger partial charge on any atom is -0.481 e. The number of aliphatic carboxylic acids is 1. The minimum absolute atomic E-state index is 0.210. The number of carboxylic acids is 1. The Morgan fingerprint density at radius 3 is 2.67 bits per heavy atom. The molecule has 0 bridgehead atoms. The van der Waals surface area contributed by atoms with Gasteiger partial charge in [0.15, 0.2) is 0 Å². The highest BCUT2D eigenvalue weighted by Gasteiger charge is 2.36. The lowest BCUT2D eigenvalue weighted by Gasteiger charge is -2.38. The Labute approximate surface area is 102 Å². The van der Waals surface area contributed by atoms with Crippen molar-refractivity contribution in [2.75, 3.05) is 18.0 Å². The fraction of sp³-hybridized carbons (Fsp3) is 0.364. The van der Waals surface area contributed by atoms with E-state index < -0.39 is 22.6 Å². The lowest BCUT2D eigenvalue weighted by atomic mass is 9.98. The van der Waals surface area contributed by atoms with Crippen molar-refractivity contribution in [1.82, 2.24) is 0 Å². The van der Waals surface area contributed by atoms with Gasteiger partial charge >= 0.3 is 5.97 Å². The van der Waals surface area contributed by atoms with Gasteiger partial charge < -0.3 is 10.0 Å². The third-order valence-electron chi connectivity index (χ3n) is 3.02. The predicted octanol–water partition coefficient (Wildman–Crippen LogP) is 1.56. The molecule has 0 unspecified atom stereocenters. The minimum atomic E-state index is -0.923. The lowest BCUT2D eigenvalue weighted by Crippen LogP contribution is -2.50. The molecule has 7 heteroatoms. The topological polar surface area (TPSA) is 83.7 Å². The molecule has 1 fully saturated rings. The molecule has 1 N–H and O–H groups in total. The van der Waals surface area contributed by atoms with E-state index in [2.05, 4.69) is 0 Å². The summed E-state index contributed by atoms with van der Waals surface area (Å²) >= 11 is 0. The largest absolute Gasteiger partial charge is 0.481 e. The number of hydrogen-bond donors (Lipinski definition) is 1. The Kier molecular flexibility index (Phi) is 2.90. The zero-order valence-corrected chi connectivity index (χ0v) is 9.59. The first kappa shape index (κ1) is 12.3. The Morgan fingerprint density at radius 2 is 2.17 bits per heavy atom. The highest BCUT2D eigenvalue weighted by atomic mass is 19.1. The first-order valence-corrected chi connectivity index (χ1v) is 5.32. The molecule has 0 aliphatic carbocycles. The molecule has 1 saturated heterocycles. The van der Waals surface area contributed by atoms with E-state index in [1.807, 2.05) is 0 Å². The number of nitro benzene ring substituents is 1. The van der Waals surface area contributed by atoms with E-state index in [1.54, 1.807) is 4.90 Å². The van der Waals surface area contributed by atoms with Crippen molar-refractivity contribution in [3.05, 3.63) is 33.6 Å². The van der Waals surface area contributed by atoms with Crippen LogP contribution in [0.1, 0.15) is 5.56 Å². The number of benzene rings is 1. The van der Waals surface area contributed by atoms with E-state index in [-0.39, 0.29) is 24.5 Å². The molecular formula is C11H11FN2O4. The number of halogens is 1. The van der Waals surface area contributed by atoms with E-state index in [0.29, 0.717) is 5.56 Å². The van der Waals surface area contributed by atoms with E-state index in [9.17, 15) is 19.3 Å². The number of nitrogens with zero attached hydrogens (tertiary/aromatic N) is 2. The fourth-order valence-corrected chi connectivity index (χ4v) is 1.89. The van der Waals surface area contributed by atoms with Crippen LogP contribution in [0.5, 0.6) is 0 Å². The quantitative estimate of drug-likeness (QED) is 0.653. The van der Waals surface area contributed by atoms with Gasteiger partial charge in [0.1, 0.15) is 11.5 Å². The summed E-state index contributed by atoms with van der Waals surface area (Å²) in [6.07, 6.45) is 0. The van der Waals surface area contributed by atoms with Gasteiger partial charge in [-0.15, -0.1) is 0 Å². The van der Waals surface area contributed by atoms with Gasteiger partial charge in [-0.2, -0.15) is 0 Å². The number of anilines is 1. The molecule has 18 heavy (non-hydrogen) atoms. The number of nitro groups is 1. The van der Waals surface area contributed by atoms with Gasteiger partial charge in [-0.1, -0.05) is 0 Å². The van der Waals surface area contributed by atoms with Crippen molar-refractivity contribution >= 4 is 17.3 Å². The molecule has 1 aliphatic rings. The van der Waals surface area contributed by atoms with Crippen molar-refractivity contribution in [2.24, 2.45) is 5.92 Å². The van der Waals surface area contributed by atoms with Crippen molar-refractivity contribution in [3.8, 4) is 0 Å². The summed E-state index contributed by atoms with van der Waals surface area (Å²) in [5.74, 6) is -2.08. The molecular weight excluding hydrogens is 243 g/mol. The summed E-state index contributed by atoms with van der Waals surface area (Å²) in [6.45, 7) is 1.93. The third-order valence-corrected chi connectivity index (χ3v) is 3.02. The number of carbonyl (C=O) groups is 1. The number of rotatable bonds is 3. The average Bonchev–Trinajstić information content (AvgIpc) is 2.19. The molecule has 6 nitrogen and oxygen atoms in total. The maximum Gasteiger partial charge on any atom is 0.310 e. The normalized spacial score (nSPS) is 15.3. The molecule has 1 aromatic rings. The van der Waals surface area contributed by atoms with Crippen LogP contribution in [0.3, 0.4) is 0 Å². The van der Waals surface area contributed by atoms with Crippen molar-refractivity contribution in [3.63, 3.8) is 0 Å². The Bertz CT molecular complexity index is 526. The second-order valence-corrected chi connectivity index (χ2v) is 4.29. The SMILES string of the molecule is Cc1cc(N2CC(C(=O)O)C2)c([N+](=O)[O-])cc1F. The molecule has 0 amide bonds. The molecule has 96 valence electrons. The van der Waals surface area contributed by atoms with Gasteiger partial charge in [-0.25, -0.2) is 4.39 Å². The van der Waals surface area contributed by atoms with Gasteiger partial charge in [0, 0.05) is 13.1 Å². The van der Waals surface area contributed by atoms with Crippen LogP contribution in [0.25, 0.3) is 0 Å². The summed E-state index contributed by atoms with van der Waals surface area (Å²) in [5, 5.41) is 19.6. The molecule has 0 radical (unpaired) electrons. The Hall–Kier alpha value is -2.18. The number of hydrogen-bond acceptors (Lipinski definition) is 4. The summed E-state index contributed by atoms with van der Waals surface area (Å²) in [7, 11) is 0. The van der Waals surface area contributed by atoms with Crippen LogP contribution in [-0.2, 0) is 4.79 Å². The lowest BCUT2D eigenvalue weighted by molar-refractivity contribution is -0.384. The molecule has 0 atom stereocenters. The van der Waals surface area contributed by atoms with E-state index >= 15 is 0 Å². The maximum absolute atomic E-state index is 13.3. The van der Waals surface area contributed by atoms with E-state index in [0.717, 1.165) is 6.07 Å². The first-order chi connectivity index (χ1) is 8.40. The van der Waals surface area contributed by atoms with Crippen molar-refractivity contribution in [2.45, 2.75) is 6.92 Å². The Balaban J connectivity index is 2.31.